The summed E-state index contributed by atoms with van der Waals surface area (Å²) in [7, 11) is 5.70. The van der Waals surface area contributed by atoms with Gasteiger partial charge in [0.25, 0.3) is 0 Å². The molecule has 0 N–H and O–H groups in total. The van der Waals surface area contributed by atoms with Crippen molar-refractivity contribution in [2.45, 2.75) is 116 Å². The van der Waals surface area contributed by atoms with Crippen LogP contribution in [0.25, 0.3) is 0 Å². The van der Waals surface area contributed by atoms with Gasteiger partial charge in [-0.15, -0.1) is 0 Å². The summed E-state index contributed by atoms with van der Waals surface area (Å²) >= 11 is 0. The quantitative estimate of drug-likeness (QED) is 0.190. The number of methoxy groups -OCH3 is 2. The molecule has 1 unspecified atom stereocenters. The van der Waals surface area contributed by atoms with Crippen LogP contribution in [0.4, 0.5) is 0 Å². The van der Waals surface area contributed by atoms with Crippen molar-refractivity contribution in [3.05, 3.63) is 0 Å². The Bertz CT molecular complexity index is 273. The Balaban J connectivity index is 3.20. The third kappa shape index (κ3) is 20.4. The highest BCUT2D eigenvalue weighted by Gasteiger charge is 2.09. The van der Waals surface area contributed by atoms with Gasteiger partial charge < -0.3 is 14.4 Å². The van der Waals surface area contributed by atoms with Crippen molar-refractivity contribution in [1.82, 2.24) is 4.90 Å². The molecule has 0 aromatic carbocycles. The molecule has 0 aromatic rings. The summed E-state index contributed by atoms with van der Waals surface area (Å²) in [4.78, 5) is 2.37. The molecule has 3 nitrogen and oxygen atoms in total. The van der Waals surface area contributed by atoms with Gasteiger partial charge in [0.05, 0.1) is 12.7 Å². The zero-order valence-corrected chi connectivity index (χ0v) is 19.3. The number of hydrogen-bond acceptors (Lipinski definition) is 3. The molecule has 0 spiro atoms. The zero-order valence-electron chi connectivity index (χ0n) is 19.3. The van der Waals surface area contributed by atoms with Gasteiger partial charge in [0.1, 0.15) is 0 Å². The van der Waals surface area contributed by atoms with Crippen LogP contribution in [-0.2, 0) is 9.47 Å². The summed E-state index contributed by atoms with van der Waals surface area (Å²) in [6.07, 6.45) is 23.1. The van der Waals surface area contributed by atoms with Crippen LogP contribution in [0.5, 0.6) is 0 Å². The number of likely N-dealkylation sites (N-methyl/N-ethyl adjacent to an activating group) is 1. The summed E-state index contributed by atoms with van der Waals surface area (Å²) in [6.45, 7) is 5.10. The normalized spacial score (nSPS) is 12.8. The van der Waals surface area contributed by atoms with E-state index in [-0.39, 0.29) is 6.10 Å². The van der Waals surface area contributed by atoms with Crippen LogP contribution in [0.1, 0.15) is 110 Å². The Morgan fingerprint density at radius 2 is 1.04 bits per heavy atom. The first-order valence-electron chi connectivity index (χ1n) is 11.9. The van der Waals surface area contributed by atoms with Crippen molar-refractivity contribution in [2.24, 2.45) is 0 Å². The molecule has 1 atom stereocenters. The molecule has 0 radical (unpaired) electrons. The fourth-order valence-electron chi connectivity index (χ4n) is 3.75. The fourth-order valence-corrected chi connectivity index (χ4v) is 3.75. The molecular formula is C24H51NO2. The van der Waals surface area contributed by atoms with Crippen LogP contribution in [0, 0.1) is 0 Å². The van der Waals surface area contributed by atoms with Crippen LogP contribution >= 0.6 is 0 Å². The fraction of sp³-hybridized carbons (Fsp3) is 1.00. The highest BCUT2D eigenvalue weighted by Crippen LogP contribution is 2.13. The van der Waals surface area contributed by atoms with Crippen LogP contribution in [0.15, 0.2) is 0 Å². The largest absolute Gasteiger partial charge is 0.382 e. The van der Waals surface area contributed by atoms with E-state index in [1.54, 1.807) is 14.2 Å². The summed E-state index contributed by atoms with van der Waals surface area (Å²) in [5.74, 6) is 0. The van der Waals surface area contributed by atoms with Crippen molar-refractivity contribution in [2.75, 3.05) is 41.0 Å². The van der Waals surface area contributed by atoms with E-state index in [0.29, 0.717) is 6.61 Å². The van der Waals surface area contributed by atoms with Crippen LogP contribution in [0.3, 0.4) is 0 Å². The molecule has 0 bridgehead atoms. The topological polar surface area (TPSA) is 21.7 Å². The minimum atomic E-state index is 0.195. The third-order valence-electron chi connectivity index (χ3n) is 5.59. The molecule has 27 heavy (non-hydrogen) atoms. The second-order valence-corrected chi connectivity index (χ2v) is 8.38. The second-order valence-electron chi connectivity index (χ2n) is 8.38. The first-order chi connectivity index (χ1) is 13.2. The maximum Gasteiger partial charge on any atom is 0.0930 e. The SMILES string of the molecule is CCCCCCCCCCCCCCCCCCN(C)CC(COC)OC. The van der Waals surface area contributed by atoms with Crippen LogP contribution in [-0.4, -0.2) is 52.0 Å². The van der Waals surface area contributed by atoms with Crippen molar-refractivity contribution < 1.29 is 9.47 Å². The molecule has 0 aliphatic rings. The lowest BCUT2D eigenvalue weighted by molar-refractivity contribution is 0.0103. The summed E-state index contributed by atoms with van der Waals surface area (Å²) < 4.78 is 10.6. The molecule has 0 fully saturated rings. The van der Waals surface area contributed by atoms with Gasteiger partial charge in [0.15, 0.2) is 0 Å². The number of ether oxygens (including phenoxy) is 2. The first-order valence-corrected chi connectivity index (χ1v) is 11.9. The molecule has 0 amide bonds. The van der Waals surface area contributed by atoms with Gasteiger partial charge in [-0.25, -0.2) is 0 Å². The summed E-state index contributed by atoms with van der Waals surface area (Å²) in [5, 5.41) is 0. The summed E-state index contributed by atoms with van der Waals surface area (Å²) in [5.41, 5.74) is 0. The minimum Gasteiger partial charge on any atom is -0.382 e. The van der Waals surface area contributed by atoms with Crippen molar-refractivity contribution in [3.8, 4) is 0 Å². The lowest BCUT2D eigenvalue weighted by Crippen LogP contribution is -2.34. The Labute approximate surface area is 171 Å². The van der Waals surface area contributed by atoms with Gasteiger partial charge in [0.2, 0.25) is 0 Å². The van der Waals surface area contributed by atoms with E-state index in [0.717, 1.165) is 6.54 Å². The number of nitrogens with zero attached hydrogens (tertiary/aromatic N) is 1. The van der Waals surface area contributed by atoms with E-state index >= 15 is 0 Å². The molecule has 0 heterocycles. The van der Waals surface area contributed by atoms with Gasteiger partial charge in [-0.05, 0) is 20.0 Å². The first kappa shape index (κ1) is 26.9. The standard InChI is InChI=1S/C24H51NO2/c1-5-6-7-8-9-10-11-12-13-14-15-16-17-18-19-20-21-25(2)22-24(27-4)23-26-3/h24H,5-23H2,1-4H3. The lowest BCUT2D eigenvalue weighted by Gasteiger charge is -2.22. The molecule has 0 rings (SSSR count). The molecule has 164 valence electrons. The molecule has 0 saturated carbocycles. The highest BCUT2D eigenvalue weighted by molar-refractivity contribution is 4.62. The molecule has 0 aliphatic carbocycles. The molecule has 0 aromatic heterocycles. The number of rotatable bonds is 22. The van der Waals surface area contributed by atoms with Gasteiger partial charge in [-0.2, -0.15) is 0 Å². The average molecular weight is 386 g/mol. The van der Waals surface area contributed by atoms with Crippen LogP contribution in [0.2, 0.25) is 0 Å². The zero-order chi connectivity index (χ0) is 20.0. The van der Waals surface area contributed by atoms with Gasteiger partial charge in [-0.1, -0.05) is 103 Å². The Kier molecular flexibility index (Phi) is 22.1. The monoisotopic (exact) mass is 385 g/mol. The predicted molar refractivity (Wildman–Crippen MR) is 120 cm³/mol. The minimum absolute atomic E-state index is 0.195. The van der Waals surface area contributed by atoms with E-state index in [1.807, 2.05) is 0 Å². The lowest BCUT2D eigenvalue weighted by atomic mass is 10.0. The van der Waals surface area contributed by atoms with Crippen LogP contribution < -0.4 is 0 Å². The van der Waals surface area contributed by atoms with E-state index in [4.69, 9.17) is 9.47 Å². The molecule has 3 heteroatoms. The van der Waals surface area contributed by atoms with E-state index in [9.17, 15) is 0 Å². The highest BCUT2D eigenvalue weighted by atomic mass is 16.5. The summed E-state index contributed by atoms with van der Waals surface area (Å²) in [6, 6.07) is 0. The third-order valence-corrected chi connectivity index (χ3v) is 5.59. The smallest absolute Gasteiger partial charge is 0.0930 e. The van der Waals surface area contributed by atoms with Crippen molar-refractivity contribution >= 4 is 0 Å². The van der Waals surface area contributed by atoms with E-state index in [2.05, 4.69) is 18.9 Å². The maximum atomic E-state index is 5.43. The second kappa shape index (κ2) is 22.2. The average Bonchev–Trinajstić information content (AvgIpc) is 2.67. The maximum absolute atomic E-state index is 5.43. The number of unbranched alkanes of at least 4 members (excludes halogenated alkanes) is 15. The Hall–Kier alpha value is -0.120. The van der Waals surface area contributed by atoms with Crippen molar-refractivity contribution in [1.29, 1.82) is 0 Å². The van der Waals surface area contributed by atoms with Gasteiger partial charge >= 0.3 is 0 Å². The molecular weight excluding hydrogens is 334 g/mol. The Morgan fingerprint density at radius 3 is 1.41 bits per heavy atom. The molecule has 0 saturated heterocycles. The van der Waals surface area contributed by atoms with E-state index in [1.165, 1.54) is 109 Å². The van der Waals surface area contributed by atoms with Gasteiger partial charge in [0, 0.05) is 20.8 Å². The molecule has 0 aliphatic heterocycles. The number of hydrogen-bond donors (Lipinski definition) is 0. The predicted octanol–water partition coefficient (Wildman–Crippen LogP) is 6.84. The van der Waals surface area contributed by atoms with Crippen molar-refractivity contribution in [3.63, 3.8) is 0 Å². The van der Waals surface area contributed by atoms with Gasteiger partial charge in [-0.3, -0.25) is 0 Å². The van der Waals surface area contributed by atoms with E-state index < -0.39 is 0 Å². The Morgan fingerprint density at radius 1 is 0.630 bits per heavy atom.